The summed E-state index contributed by atoms with van der Waals surface area (Å²) in [5.74, 6) is 1.79. The van der Waals surface area contributed by atoms with E-state index in [1.165, 1.54) is 54.9 Å². The molecule has 2 nitrogen and oxygen atoms in total. The number of para-hydroxylation sites is 3. The number of nitrogens with zero attached hydrogens (tertiary/aromatic N) is 1. The highest BCUT2D eigenvalue weighted by atomic mass is 16.5. The highest BCUT2D eigenvalue weighted by Crippen LogP contribution is 2.62. The Morgan fingerprint density at radius 2 is 0.962 bits per heavy atom. The van der Waals surface area contributed by atoms with E-state index < -0.39 is 5.41 Å². The van der Waals surface area contributed by atoms with Crippen LogP contribution in [0.3, 0.4) is 0 Å². The molecule has 53 heavy (non-hydrogen) atoms. The first-order valence-corrected chi connectivity index (χ1v) is 18.3. The van der Waals surface area contributed by atoms with Gasteiger partial charge in [-0.3, -0.25) is 0 Å². The zero-order valence-electron chi connectivity index (χ0n) is 28.9. The summed E-state index contributed by atoms with van der Waals surface area (Å²) in [6, 6.07) is 72.7. The molecule has 248 valence electrons. The van der Waals surface area contributed by atoms with Gasteiger partial charge in [-0.15, -0.1) is 0 Å². The van der Waals surface area contributed by atoms with Gasteiger partial charge in [0.2, 0.25) is 0 Å². The molecule has 1 spiro atoms. The van der Waals surface area contributed by atoms with E-state index in [4.69, 9.17) is 4.74 Å². The van der Waals surface area contributed by atoms with E-state index in [2.05, 4.69) is 205 Å². The van der Waals surface area contributed by atoms with Crippen molar-refractivity contribution in [3.05, 3.63) is 222 Å². The normalized spacial score (nSPS) is 13.2. The van der Waals surface area contributed by atoms with Gasteiger partial charge in [-0.1, -0.05) is 164 Å². The minimum atomic E-state index is -0.580. The van der Waals surface area contributed by atoms with Gasteiger partial charge in [-0.25, -0.2) is 0 Å². The number of benzene rings is 9. The molecule has 2 aliphatic rings. The lowest BCUT2D eigenvalue weighted by Gasteiger charge is -2.45. The lowest BCUT2D eigenvalue weighted by molar-refractivity contribution is 0.435. The number of hydrogen-bond donors (Lipinski definition) is 0. The van der Waals surface area contributed by atoms with Crippen LogP contribution in [0.4, 0.5) is 17.1 Å². The first-order valence-electron chi connectivity index (χ1n) is 18.3. The van der Waals surface area contributed by atoms with E-state index >= 15 is 0 Å². The van der Waals surface area contributed by atoms with Gasteiger partial charge in [0, 0.05) is 27.8 Å². The molecule has 9 aromatic rings. The van der Waals surface area contributed by atoms with Crippen LogP contribution < -0.4 is 9.64 Å². The van der Waals surface area contributed by atoms with Gasteiger partial charge in [0.1, 0.15) is 11.5 Å². The van der Waals surface area contributed by atoms with Crippen LogP contribution in [0.2, 0.25) is 0 Å². The van der Waals surface area contributed by atoms with Crippen molar-refractivity contribution in [1.82, 2.24) is 0 Å². The second kappa shape index (κ2) is 11.6. The van der Waals surface area contributed by atoms with E-state index in [0.29, 0.717) is 0 Å². The molecule has 0 amide bonds. The van der Waals surface area contributed by atoms with Gasteiger partial charge in [0.15, 0.2) is 0 Å². The molecule has 1 aliphatic carbocycles. The minimum Gasteiger partial charge on any atom is -0.457 e. The Kier molecular flexibility index (Phi) is 6.50. The fraction of sp³-hybridized carbons (Fsp3) is 0.0196. The Bertz CT molecular complexity index is 2830. The third-order valence-electron chi connectivity index (χ3n) is 11.3. The largest absolute Gasteiger partial charge is 0.457 e. The fourth-order valence-electron chi connectivity index (χ4n) is 9.23. The molecular weight excluding hydrogens is 643 g/mol. The maximum Gasteiger partial charge on any atom is 0.132 e. The van der Waals surface area contributed by atoms with Crippen molar-refractivity contribution in [3.8, 4) is 33.8 Å². The van der Waals surface area contributed by atoms with E-state index in [0.717, 1.165) is 39.7 Å². The summed E-state index contributed by atoms with van der Waals surface area (Å²) in [6.45, 7) is 0. The summed E-state index contributed by atoms with van der Waals surface area (Å²) in [7, 11) is 0. The van der Waals surface area contributed by atoms with E-state index in [1.807, 2.05) is 0 Å². The van der Waals surface area contributed by atoms with Gasteiger partial charge < -0.3 is 9.64 Å². The summed E-state index contributed by atoms with van der Waals surface area (Å²) in [5.41, 5.74) is 12.5. The molecule has 0 N–H and O–H groups in total. The smallest absolute Gasteiger partial charge is 0.132 e. The molecule has 2 heteroatoms. The maximum absolute atomic E-state index is 6.66. The van der Waals surface area contributed by atoms with Crippen molar-refractivity contribution in [2.75, 3.05) is 4.90 Å². The molecule has 11 rings (SSSR count). The van der Waals surface area contributed by atoms with Crippen LogP contribution in [-0.2, 0) is 5.41 Å². The summed E-state index contributed by atoms with van der Waals surface area (Å²) in [4.78, 5) is 2.47. The van der Waals surface area contributed by atoms with Gasteiger partial charge in [0.05, 0.1) is 16.8 Å². The second-order valence-electron chi connectivity index (χ2n) is 14.0. The summed E-state index contributed by atoms with van der Waals surface area (Å²) < 4.78 is 6.66. The van der Waals surface area contributed by atoms with Gasteiger partial charge in [-0.2, -0.15) is 0 Å². The van der Waals surface area contributed by atoms with Crippen molar-refractivity contribution < 1.29 is 4.74 Å². The number of hydrogen-bond acceptors (Lipinski definition) is 2. The first kappa shape index (κ1) is 29.8. The topological polar surface area (TPSA) is 12.5 Å². The minimum absolute atomic E-state index is 0.580. The predicted molar refractivity (Wildman–Crippen MR) is 219 cm³/mol. The second-order valence-corrected chi connectivity index (χ2v) is 14.0. The summed E-state index contributed by atoms with van der Waals surface area (Å²) >= 11 is 0. The third-order valence-corrected chi connectivity index (χ3v) is 11.3. The third kappa shape index (κ3) is 4.21. The van der Waals surface area contributed by atoms with Gasteiger partial charge in [0.25, 0.3) is 0 Å². The molecule has 0 atom stereocenters. The lowest BCUT2D eigenvalue weighted by atomic mass is 9.58. The first-order chi connectivity index (χ1) is 26.3. The molecule has 0 saturated carbocycles. The van der Waals surface area contributed by atoms with Crippen molar-refractivity contribution in [3.63, 3.8) is 0 Å². The molecule has 0 aromatic heterocycles. The van der Waals surface area contributed by atoms with Crippen LogP contribution in [-0.4, -0.2) is 0 Å². The standard InChI is InChI=1S/C51H33NO/c1-3-17-35(18-4-1)49-37-21-8-7-16-34(37)30-32-46(49)52(36-19-5-2-6-20-36)45-33-31-39-38-22-9-10-24-41(38)51(44-27-15-23-40(45)50(39)44)42-25-11-13-28-47(42)53-48-29-14-12-26-43(48)51/h1-33H. The Labute approximate surface area is 308 Å². The summed E-state index contributed by atoms with van der Waals surface area (Å²) in [5, 5.41) is 4.91. The van der Waals surface area contributed by atoms with Crippen LogP contribution in [0.1, 0.15) is 22.3 Å². The molecule has 0 saturated heterocycles. The van der Waals surface area contributed by atoms with Gasteiger partial charge >= 0.3 is 0 Å². The van der Waals surface area contributed by atoms with Crippen LogP contribution >= 0.6 is 0 Å². The highest BCUT2D eigenvalue weighted by Gasteiger charge is 2.49. The zero-order valence-corrected chi connectivity index (χ0v) is 28.9. The van der Waals surface area contributed by atoms with Crippen molar-refractivity contribution >= 4 is 38.6 Å². The quantitative estimate of drug-likeness (QED) is 0.184. The van der Waals surface area contributed by atoms with Gasteiger partial charge in [-0.05, 0) is 80.4 Å². The SMILES string of the molecule is c1ccc(-c2c(N(c3ccccc3)c3ccc4c5c(cccc35)C3(c5ccccc5Oc5ccccc53)c3ccccc3-4)ccc3ccccc23)cc1. The Morgan fingerprint density at radius 3 is 1.74 bits per heavy atom. The Hall–Kier alpha value is -6.90. The molecule has 9 aromatic carbocycles. The molecule has 0 fully saturated rings. The van der Waals surface area contributed by atoms with Crippen molar-refractivity contribution in [2.45, 2.75) is 5.41 Å². The number of anilines is 3. The number of rotatable bonds is 4. The van der Waals surface area contributed by atoms with Crippen LogP contribution in [0, 0.1) is 0 Å². The molecule has 0 bridgehead atoms. The number of fused-ring (bicyclic) bond motifs is 9. The van der Waals surface area contributed by atoms with Crippen LogP contribution in [0.25, 0.3) is 43.8 Å². The highest BCUT2D eigenvalue weighted by molar-refractivity contribution is 6.13. The monoisotopic (exact) mass is 675 g/mol. The summed E-state index contributed by atoms with van der Waals surface area (Å²) in [6.07, 6.45) is 0. The van der Waals surface area contributed by atoms with E-state index in [9.17, 15) is 0 Å². The fourth-order valence-corrected chi connectivity index (χ4v) is 9.23. The number of ether oxygens (including phenoxy) is 1. The van der Waals surface area contributed by atoms with Crippen LogP contribution in [0.15, 0.2) is 200 Å². The van der Waals surface area contributed by atoms with Crippen molar-refractivity contribution in [2.24, 2.45) is 0 Å². The molecule has 0 radical (unpaired) electrons. The van der Waals surface area contributed by atoms with Crippen molar-refractivity contribution in [1.29, 1.82) is 0 Å². The maximum atomic E-state index is 6.66. The molecule has 0 unspecified atom stereocenters. The predicted octanol–water partition coefficient (Wildman–Crippen LogP) is 13.6. The van der Waals surface area contributed by atoms with E-state index in [-0.39, 0.29) is 0 Å². The molecule has 1 aliphatic heterocycles. The zero-order chi connectivity index (χ0) is 34.9. The van der Waals surface area contributed by atoms with E-state index in [1.54, 1.807) is 0 Å². The average molecular weight is 676 g/mol. The lowest BCUT2D eigenvalue weighted by Crippen LogP contribution is -2.36. The average Bonchev–Trinajstić information content (AvgIpc) is 3.23. The molecule has 1 heterocycles. The molecular formula is C51H33NO. The van der Waals surface area contributed by atoms with Crippen LogP contribution in [0.5, 0.6) is 11.5 Å². The Morgan fingerprint density at radius 1 is 0.377 bits per heavy atom. The Balaban J connectivity index is 1.28.